The third-order valence-corrected chi connectivity index (χ3v) is 9.70. The summed E-state index contributed by atoms with van der Waals surface area (Å²) in [6.45, 7) is 1.73. The first-order valence-electron chi connectivity index (χ1n) is 12.2. The zero-order valence-electron chi connectivity index (χ0n) is 18.9. The first-order valence-corrected chi connectivity index (χ1v) is 13.5. The normalized spacial score (nSPS) is 23.2. The van der Waals surface area contributed by atoms with Gasteiger partial charge in [0.1, 0.15) is 17.5 Å². The fourth-order valence-corrected chi connectivity index (χ4v) is 7.22. The molecule has 2 aliphatic carbocycles. The van der Waals surface area contributed by atoms with E-state index in [-0.39, 0.29) is 6.61 Å². The number of aryl methyl sites for hydroxylation is 3. The summed E-state index contributed by atoms with van der Waals surface area (Å²) in [5.74, 6) is 1.82. The van der Waals surface area contributed by atoms with Crippen LogP contribution in [-0.2, 0) is 30.1 Å². The number of rotatable bonds is 5. The number of aliphatic hydroxyl groups excluding tert-OH is 1. The third kappa shape index (κ3) is 3.46. The lowest BCUT2D eigenvalue weighted by atomic mass is 9.77. The highest BCUT2D eigenvalue weighted by Crippen LogP contribution is 2.43. The Hall–Kier alpha value is -2.43. The summed E-state index contributed by atoms with van der Waals surface area (Å²) in [6, 6.07) is 9.39. The van der Waals surface area contributed by atoms with E-state index in [0.29, 0.717) is 34.2 Å². The van der Waals surface area contributed by atoms with Crippen LogP contribution in [0.1, 0.15) is 66.0 Å². The van der Waals surface area contributed by atoms with Crippen molar-refractivity contribution in [2.45, 2.75) is 67.7 Å². The number of nitriles is 1. The molecule has 2 N–H and O–H groups in total. The van der Waals surface area contributed by atoms with Crippen LogP contribution in [0.2, 0.25) is 0 Å². The summed E-state index contributed by atoms with van der Waals surface area (Å²) in [5.41, 5.74) is 6.05. The van der Waals surface area contributed by atoms with E-state index >= 15 is 0 Å². The SMILES string of the molecule is N#Cc1c(N2CCC(c3ccc4c(c3)CC4)CC2)nc2c(c1NC1(CO)CCC1)[S@](=O)CC2. The molecule has 1 saturated carbocycles. The number of nitrogens with one attached hydrogen (secondary N) is 1. The molecule has 6 rings (SSSR count). The third-order valence-electron chi connectivity index (χ3n) is 8.23. The van der Waals surface area contributed by atoms with E-state index in [1.54, 1.807) is 0 Å². The fraction of sp³-hybridized carbons (Fsp3) is 0.538. The minimum Gasteiger partial charge on any atom is -0.394 e. The maximum atomic E-state index is 12.8. The van der Waals surface area contributed by atoms with Crippen LogP contribution < -0.4 is 10.2 Å². The highest BCUT2D eigenvalue weighted by atomic mass is 32.2. The number of fused-ring (bicyclic) bond motifs is 2. The van der Waals surface area contributed by atoms with Crippen molar-refractivity contribution in [2.75, 3.05) is 35.7 Å². The molecule has 1 saturated heterocycles. The van der Waals surface area contributed by atoms with E-state index in [0.717, 1.165) is 56.7 Å². The van der Waals surface area contributed by atoms with Gasteiger partial charge in [0, 0.05) is 25.3 Å². The number of anilines is 2. The summed E-state index contributed by atoms with van der Waals surface area (Å²) in [6.07, 6.45) is 7.95. The second-order valence-corrected chi connectivity index (χ2v) is 11.6. The van der Waals surface area contributed by atoms with Gasteiger partial charge in [-0.2, -0.15) is 5.26 Å². The maximum absolute atomic E-state index is 12.8. The number of aromatic nitrogens is 1. The molecule has 1 atom stereocenters. The van der Waals surface area contributed by atoms with E-state index in [1.807, 2.05) is 0 Å². The molecule has 1 aromatic heterocycles. The average molecular weight is 463 g/mol. The molecule has 0 bridgehead atoms. The summed E-state index contributed by atoms with van der Waals surface area (Å²) < 4.78 is 12.8. The zero-order chi connectivity index (χ0) is 22.6. The van der Waals surface area contributed by atoms with Gasteiger partial charge in [0.2, 0.25) is 0 Å². The van der Waals surface area contributed by atoms with Gasteiger partial charge in [-0.05, 0) is 67.6 Å². The number of hydrogen-bond acceptors (Lipinski definition) is 6. The topological polar surface area (TPSA) is 89.2 Å². The monoisotopic (exact) mass is 462 g/mol. The Labute approximate surface area is 197 Å². The van der Waals surface area contributed by atoms with E-state index in [1.165, 1.54) is 29.5 Å². The lowest BCUT2D eigenvalue weighted by molar-refractivity contribution is 0.144. The van der Waals surface area contributed by atoms with Crippen LogP contribution in [0.25, 0.3) is 0 Å². The van der Waals surface area contributed by atoms with Crippen LogP contribution in [0.5, 0.6) is 0 Å². The summed E-state index contributed by atoms with van der Waals surface area (Å²) in [5, 5.41) is 23.7. The average Bonchev–Trinajstić information content (AvgIpc) is 3.17. The molecule has 2 aliphatic heterocycles. The van der Waals surface area contributed by atoms with Gasteiger partial charge < -0.3 is 15.3 Å². The Balaban J connectivity index is 1.30. The fourth-order valence-electron chi connectivity index (χ4n) is 5.85. The van der Waals surface area contributed by atoms with Gasteiger partial charge in [-0.1, -0.05) is 18.2 Å². The van der Waals surface area contributed by atoms with Crippen LogP contribution in [0.15, 0.2) is 23.1 Å². The van der Waals surface area contributed by atoms with Crippen LogP contribution >= 0.6 is 0 Å². The Morgan fingerprint density at radius 3 is 2.61 bits per heavy atom. The number of pyridine rings is 1. The van der Waals surface area contributed by atoms with Gasteiger partial charge in [-0.15, -0.1) is 0 Å². The molecule has 6 nitrogen and oxygen atoms in total. The van der Waals surface area contributed by atoms with Crippen LogP contribution in [0.4, 0.5) is 11.5 Å². The van der Waals surface area contributed by atoms with Crippen molar-refractivity contribution in [3.63, 3.8) is 0 Å². The Morgan fingerprint density at radius 2 is 2.00 bits per heavy atom. The number of benzene rings is 1. The second kappa shape index (κ2) is 8.11. The Kier molecular flexibility index (Phi) is 5.19. The second-order valence-electron chi connectivity index (χ2n) is 10.1. The Morgan fingerprint density at radius 1 is 1.21 bits per heavy atom. The highest BCUT2D eigenvalue weighted by Gasteiger charge is 2.40. The van der Waals surface area contributed by atoms with Crippen molar-refractivity contribution in [3.05, 3.63) is 46.1 Å². The molecule has 172 valence electrons. The molecule has 7 heteroatoms. The first kappa shape index (κ1) is 21.1. The van der Waals surface area contributed by atoms with Gasteiger partial charge in [0.05, 0.1) is 39.2 Å². The van der Waals surface area contributed by atoms with Crippen molar-refractivity contribution < 1.29 is 9.32 Å². The molecule has 3 heterocycles. The van der Waals surface area contributed by atoms with E-state index in [4.69, 9.17) is 4.98 Å². The lowest BCUT2D eigenvalue weighted by Gasteiger charge is -2.42. The van der Waals surface area contributed by atoms with Crippen LogP contribution in [0.3, 0.4) is 0 Å². The van der Waals surface area contributed by atoms with Crippen molar-refractivity contribution in [3.8, 4) is 6.07 Å². The smallest absolute Gasteiger partial charge is 0.149 e. The molecular weight excluding hydrogens is 432 g/mol. The number of hydrogen-bond donors (Lipinski definition) is 2. The molecule has 0 unspecified atom stereocenters. The van der Waals surface area contributed by atoms with Crippen molar-refractivity contribution in [2.24, 2.45) is 0 Å². The summed E-state index contributed by atoms with van der Waals surface area (Å²) >= 11 is 0. The van der Waals surface area contributed by atoms with Crippen molar-refractivity contribution >= 4 is 22.3 Å². The minimum atomic E-state index is -1.15. The largest absolute Gasteiger partial charge is 0.394 e. The van der Waals surface area contributed by atoms with E-state index < -0.39 is 16.3 Å². The van der Waals surface area contributed by atoms with Gasteiger partial charge in [-0.25, -0.2) is 4.98 Å². The predicted octanol–water partition coefficient (Wildman–Crippen LogP) is 3.43. The molecule has 0 radical (unpaired) electrons. The number of aliphatic hydroxyl groups is 1. The molecule has 2 aromatic rings. The van der Waals surface area contributed by atoms with Gasteiger partial charge in [-0.3, -0.25) is 4.21 Å². The quantitative estimate of drug-likeness (QED) is 0.708. The number of piperidine rings is 1. The van der Waals surface area contributed by atoms with E-state index in [9.17, 15) is 14.6 Å². The first-order chi connectivity index (χ1) is 16.1. The summed E-state index contributed by atoms with van der Waals surface area (Å²) in [7, 11) is -1.15. The predicted molar refractivity (Wildman–Crippen MR) is 129 cm³/mol. The molecule has 2 fully saturated rings. The number of nitrogens with zero attached hydrogens (tertiary/aromatic N) is 3. The van der Waals surface area contributed by atoms with Crippen molar-refractivity contribution in [1.82, 2.24) is 4.98 Å². The van der Waals surface area contributed by atoms with Gasteiger partial charge >= 0.3 is 0 Å². The molecule has 33 heavy (non-hydrogen) atoms. The molecule has 0 amide bonds. The molecular formula is C26H30N4O2S. The highest BCUT2D eigenvalue weighted by molar-refractivity contribution is 7.85. The Bertz CT molecular complexity index is 1170. The van der Waals surface area contributed by atoms with Crippen LogP contribution in [0, 0.1) is 11.3 Å². The maximum Gasteiger partial charge on any atom is 0.149 e. The van der Waals surface area contributed by atoms with Gasteiger partial charge in [0.25, 0.3) is 0 Å². The standard InChI is InChI=1S/C26H30N4O2S/c27-15-21-23(29-26(16-31)9-1-10-26)24-22(8-13-33(24)32)28-25(21)30-11-6-18(7-12-30)20-5-3-17-2-4-19(17)14-20/h3,5,14,18,31H,1-2,4,6-13,16H2,(H,28,29)/t33-/m1/s1. The van der Waals surface area contributed by atoms with Crippen molar-refractivity contribution in [1.29, 1.82) is 5.26 Å². The summed E-state index contributed by atoms with van der Waals surface area (Å²) in [4.78, 5) is 7.83. The molecule has 4 aliphatic rings. The zero-order valence-corrected chi connectivity index (χ0v) is 19.7. The molecule has 0 spiro atoms. The minimum absolute atomic E-state index is 0.0170. The molecule has 1 aromatic carbocycles. The van der Waals surface area contributed by atoms with E-state index in [2.05, 4.69) is 34.5 Å². The lowest BCUT2D eigenvalue weighted by Crippen LogP contribution is -2.48. The van der Waals surface area contributed by atoms with Gasteiger partial charge in [0.15, 0.2) is 0 Å². The van der Waals surface area contributed by atoms with Crippen LogP contribution in [-0.4, -0.2) is 45.3 Å².